The highest BCUT2D eigenvalue weighted by Crippen LogP contribution is 2.26. The summed E-state index contributed by atoms with van der Waals surface area (Å²) in [6.45, 7) is 5.71. The van der Waals surface area contributed by atoms with Crippen LogP contribution in [-0.2, 0) is 23.9 Å². The van der Waals surface area contributed by atoms with Crippen LogP contribution < -0.4 is 10.2 Å². The molecule has 3 aromatic rings. The molecule has 1 heterocycles. The number of hydrogen-bond acceptors (Lipinski definition) is 7. The molecule has 218 valence electrons. The van der Waals surface area contributed by atoms with Gasteiger partial charge < -0.3 is 19.3 Å². The molecule has 0 aromatic heterocycles. The summed E-state index contributed by atoms with van der Waals surface area (Å²) >= 11 is 0. The molecule has 10 heteroatoms. The van der Waals surface area contributed by atoms with Gasteiger partial charge in [0.1, 0.15) is 11.4 Å². The first-order valence-electron chi connectivity index (χ1n) is 13.6. The molecule has 2 N–H and O–H groups in total. The second kappa shape index (κ2) is 13.1. The summed E-state index contributed by atoms with van der Waals surface area (Å²) in [6, 6.07) is 25.2. The Bertz CT molecular complexity index is 1400. The first-order chi connectivity index (χ1) is 20.0. The predicted molar refractivity (Wildman–Crippen MR) is 157 cm³/mol. The number of carbonyl (C=O) groups excluding carboxylic acids is 4. The minimum absolute atomic E-state index is 0.0555. The normalized spacial score (nSPS) is 13.6. The van der Waals surface area contributed by atoms with Gasteiger partial charge in [-0.3, -0.25) is 25.1 Å². The van der Waals surface area contributed by atoms with E-state index in [1.54, 1.807) is 45.0 Å². The highest BCUT2D eigenvalue weighted by atomic mass is 16.6. The van der Waals surface area contributed by atoms with Crippen molar-refractivity contribution in [3.05, 3.63) is 102 Å². The summed E-state index contributed by atoms with van der Waals surface area (Å²) in [7, 11) is 0. The second-order valence-electron chi connectivity index (χ2n) is 10.7. The fraction of sp³-hybridized carbons (Fsp3) is 0.281. The Kier molecular flexibility index (Phi) is 9.36. The van der Waals surface area contributed by atoms with Gasteiger partial charge in [-0.15, -0.1) is 0 Å². The van der Waals surface area contributed by atoms with Crippen LogP contribution in [0.4, 0.5) is 10.5 Å². The van der Waals surface area contributed by atoms with E-state index in [-0.39, 0.29) is 31.9 Å². The van der Waals surface area contributed by atoms with E-state index in [9.17, 15) is 19.2 Å². The Hall–Kier alpha value is -4.99. The molecule has 0 unspecified atom stereocenters. The van der Waals surface area contributed by atoms with E-state index >= 15 is 0 Å². The number of rotatable bonds is 8. The summed E-state index contributed by atoms with van der Waals surface area (Å²) in [5.41, 5.74) is 1.85. The third-order valence-corrected chi connectivity index (χ3v) is 6.44. The fourth-order valence-electron chi connectivity index (χ4n) is 4.42. The third kappa shape index (κ3) is 7.81. The quantitative estimate of drug-likeness (QED) is 0.178. The minimum Gasteiger partial charge on any atom is -0.452 e. The van der Waals surface area contributed by atoms with Crippen molar-refractivity contribution in [2.75, 3.05) is 24.5 Å². The highest BCUT2D eigenvalue weighted by Gasteiger charge is 2.34. The molecule has 3 amide bonds. The third-order valence-electron chi connectivity index (χ3n) is 6.44. The number of anilines is 1. The molecule has 0 bridgehead atoms. The standard InChI is InChI=1S/C32H34N4O6/c1-32(2,3)42-31(40)34-28(33)24-14-16-25(17-15-24)36-21-20-35(29(38)30(36)39)19-18-26(37)41-27(22-10-6-4-7-11-22)23-12-8-5-9-13-23/h4-17,27H,18-21H2,1-3H3,(H2,33,34,40). The number of nitrogens with one attached hydrogen (secondary N) is 2. The van der Waals surface area contributed by atoms with Crippen LogP contribution in [0.5, 0.6) is 0 Å². The van der Waals surface area contributed by atoms with Crippen LogP contribution in [-0.4, -0.2) is 59.8 Å². The van der Waals surface area contributed by atoms with Crippen LogP contribution in [0.1, 0.15) is 50.0 Å². The number of alkyl carbamates (subject to hydrolysis) is 1. The van der Waals surface area contributed by atoms with Crippen LogP contribution in [0.3, 0.4) is 0 Å². The van der Waals surface area contributed by atoms with Crippen molar-refractivity contribution in [1.82, 2.24) is 10.2 Å². The van der Waals surface area contributed by atoms with Crippen LogP contribution in [0.25, 0.3) is 0 Å². The Morgan fingerprint density at radius 2 is 1.43 bits per heavy atom. The molecule has 0 aliphatic carbocycles. The van der Waals surface area contributed by atoms with Crippen molar-refractivity contribution in [2.24, 2.45) is 0 Å². The summed E-state index contributed by atoms with van der Waals surface area (Å²) in [4.78, 5) is 53.3. The van der Waals surface area contributed by atoms with E-state index < -0.39 is 35.6 Å². The lowest BCUT2D eigenvalue weighted by Gasteiger charge is -2.33. The molecule has 10 nitrogen and oxygen atoms in total. The van der Waals surface area contributed by atoms with Crippen molar-refractivity contribution in [3.63, 3.8) is 0 Å². The van der Waals surface area contributed by atoms with E-state index in [1.807, 2.05) is 60.7 Å². The molecule has 0 radical (unpaired) electrons. The van der Waals surface area contributed by atoms with Gasteiger partial charge in [-0.05, 0) is 56.2 Å². The number of piperazine rings is 1. The van der Waals surface area contributed by atoms with E-state index in [2.05, 4.69) is 5.32 Å². The number of benzene rings is 3. The zero-order valence-electron chi connectivity index (χ0n) is 23.8. The highest BCUT2D eigenvalue weighted by molar-refractivity contribution is 6.41. The Balaban J connectivity index is 1.32. The van der Waals surface area contributed by atoms with Crippen LogP contribution >= 0.6 is 0 Å². The fourth-order valence-corrected chi connectivity index (χ4v) is 4.42. The number of amides is 3. The lowest BCUT2D eigenvalue weighted by Crippen LogP contribution is -2.54. The van der Waals surface area contributed by atoms with Gasteiger partial charge in [-0.25, -0.2) is 4.79 Å². The van der Waals surface area contributed by atoms with Gasteiger partial charge in [-0.1, -0.05) is 60.7 Å². The zero-order valence-corrected chi connectivity index (χ0v) is 23.8. The molecule has 1 aliphatic heterocycles. The van der Waals surface area contributed by atoms with E-state index in [1.165, 1.54) is 9.80 Å². The Morgan fingerprint density at radius 1 is 0.857 bits per heavy atom. The summed E-state index contributed by atoms with van der Waals surface area (Å²) in [6.07, 6.45) is -1.39. The van der Waals surface area contributed by atoms with Gasteiger partial charge in [0.15, 0.2) is 6.10 Å². The SMILES string of the molecule is CC(C)(C)OC(=O)NC(=N)c1ccc(N2CCN(CCC(=O)OC(c3ccccc3)c3ccccc3)C(=O)C2=O)cc1. The molecule has 3 aromatic carbocycles. The monoisotopic (exact) mass is 570 g/mol. The Labute approximate surface area is 244 Å². The molecule has 1 fully saturated rings. The average Bonchev–Trinajstić information content (AvgIpc) is 2.96. The smallest absolute Gasteiger partial charge is 0.413 e. The summed E-state index contributed by atoms with van der Waals surface area (Å²) in [5.74, 6) is -2.05. The number of hydrogen-bond donors (Lipinski definition) is 2. The molecular formula is C32H34N4O6. The maximum absolute atomic E-state index is 12.9. The van der Waals surface area contributed by atoms with Gasteiger partial charge in [0.25, 0.3) is 0 Å². The second-order valence-corrected chi connectivity index (χ2v) is 10.7. The van der Waals surface area contributed by atoms with Crippen LogP contribution in [0, 0.1) is 5.41 Å². The minimum atomic E-state index is -0.743. The number of esters is 1. The van der Waals surface area contributed by atoms with Gasteiger partial charge >= 0.3 is 23.9 Å². The lowest BCUT2D eigenvalue weighted by molar-refractivity contribution is -0.150. The first-order valence-corrected chi connectivity index (χ1v) is 13.6. The van der Waals surface area contributed by atoms with Gasteiger partial charge in [0.2, 0.25) is 0 Å². The topological polar surface area (TPSA) is 129 Å². The molecular weight excluding hydrogens is 536 g/mol. The molecule has 42 heavy (non-hydrogen) atoms. The van der Waals surface area contributed by atoms with Crippen molar-refractivity contribution in [3.8, 4) is 0 Å². The zero-order chi connectivity index (χ0) is 30.3. The molecule has 0 saturated carbocycles. The molecule has 0 spiro atoms. The number of ether oxygens (including phenoxy) is 2. The number of carbonyl (C=O) groups is 4. The largest absolute Gasteiger partial charge is 0.452 e. The van der Waals surface area contributed by atoms with Crippen molar-refractivity contribution < 1.29 is 28.7 Å². The maximum atomic E-state index is 12.9. The van der Waals surface area contributed by atoms with Crippen LogP contribution in [0.2, 0.25) is 0 Å². The lowest BCUT2D eigenvalue weighted by atomic mass is 10.0. The maximum Gasteiger partial charge on any atom is 0.413 e. The van der Waals surface area contributed by atoms with Crippen molar-refractivity contribution >= 4 is 35.4 Å². The van der Waals surface area contributed by atoms with Crippen molar-refractivity contribution in [1.29, 1.82) is 5.41 Å². The number of amidine groups is 1. The van der Waals surface area contributed by atoms with Gasteiger partial charge in [0, 0.05) is 30.9 Å². The molecule has 4 rings (SSSR count). The predicted octanol–water partition coefficient (Wildman–Crippen LogP) is 4.43. The van der Waals surface area contributed by atoms with Crippen molar-refractivity contribution in [2.45, 2.75) is 38.9 Å². The Morgan fingerprint density at radius 3 is 1.98 bits per heavy atom. The van der Waals surface area contributed by atoms with E-state index in [0.717, 1.165) is 11.1 Å². The van der Waals surface area contributed by atoms with E-state index in [0.29, 0.717) is 11.3 Å². The molecule has 0 atom stereocenters. The number of nitrogens with zero attached hydrogens (tertiary/aromatic N) is 2. The summed E-state index contributed by atoms with van der Waals surface area (Å²) in [5, 5.41) is 10.5. The van der Waals surface area contributed by atoms with Gasteiger partial charge in [-0.2, -0.15) is 0 Å². The molecule has 1 saturated heterocycles. The van der Waals surface area contributed by atoms with E-state index in [4.69, 9.17) is 14.9 Å². The average molecular weight is 571 g/mol. The van der Waals surface area contributed by atoms with Gasteiger partial charge in [0.05, 0.1) is 6.42 Å². The first kappa shape index (κ1) is 30.0. The summed E-state index contributed by atoms with van der Waals surface area (Å²) < 4.78 is 11.0. The van der Waals surface area contributed by atoms with Crippen LogP contribution in [0.15, 0.2) is 84.9 Å². The molecule has 1 aliphatic rings.